The van der Waals surface area contributed by atoms with E-state index in [0.717, 1.165) is 18.2 Å². The minimum atomic E-state index is -4.59. The van der Waals surface area contributed by atoms with Gasteiger partial charge >= 0.3 is 6.18 Å². The summed E-state index contributed by atoms with van der Waals surface area (Å²) in [5, 5.41) is 0. The van der Waals surface area contributed by atoms with Crippen molar-refractivity contribution in [3.8, 4) is 11.3 Å². The predicted octanol–water partition coefficient (Wildman–Crippen LogP) is 5.02. The fraction of sp³-hybridized carbons (Fsp3) is 0.105. The van der Waals surface area contributed by atoms with Crippen LogP contribution in [0.2, 0.25) is 0 Å². The summed E-state index contributed by atoms with van der Waals surface area (Å²) in [6.45, 7) is 1.50. The van der Waals surface area contributed by atoms with Gasteiger partial charge in [-0.1, -0.05) is 30.3 Å². The van der Waals surface area contributed by atoms with Crippen LogP contribution < -0.4 is 4.72 Å². The van der Waals surface area contributed by atoms with Crippen LogP contribution in [-0.2, 0) is 16.2 Å². The van der Waals surface area contributed by atoms with Crippen molar-refractivity contribution in [2.45, 2.75) is 18.0 Å². The molecule has 4 nitrogen and oxygen atoms in total. The number of benzene rings is 2. The molecule has 0 fully saturated rings. The molecule has 1 aromatic heterocycles. The number of pyridine rings is 1. The number of anilines is 1. The van der Waals surface area contributed by atoms with Crippen LogP contribution in [0.15, 0.2) is 65.6 Å². The first-order chi connectivity index (χ1) is 13.1. The molecule has 0 aliphatic rings. The van der Waals surface area contributed by atoms with Gasteiger partial charge in [-0.05, 0) is 42.8 Å². The van der Waals surface area contributed by atoms with Crippen LogP contribution >= 0.6 is 0 Å². The Hall–Kier alpha value is -2.94. The lowest BCUT2D eigenvalue weighted by Crippen LogP contribution is -2.15. The average molecular weight is 410 g/mol. The van der Waals surface area contributed by atoms with Crippen molar-refractivity contribution in [3.05, 3.63) is 77.6 Å². The van der Waals surface area contributed by atoms with Crippen molar-refractivity contribution in [3.63, 3.8) is 0 Å². The number of hydrogen-bond acceptors (Lipinski definition) is 3. The highest BCUT2D eigenvalue weighted by atomic mass is 32.2. The lowest BCUT2D eigenvalue weighted by Gasteiger charge is -2.14. The topological polar surface area (TPSA) is 59.1 Å². The second-order valence-electron chi connectivity index (χ2n) is 5.97. The number of aromatic nitrogens is 1. The van der Waals surface area contributed by atoms with Gasteiger partial charge in [0.2, 0.25) is 0 Å². The van der Waals surface area contributed by atoms with Crippen molar-refractivity contribution in [2.24, 2.45) is 0 Å². The Bertz CT molecular complexity index is 1130. The number of nitrogens with one attached hydrogen (secondary N) is 1. The number of rotatable bonds is 4. The molecule has 0 spiro atoms. The molecular weight excluding hydrogens is 396 g/mol. The van der Waals surface area contributed by atoms with Crippen LogP contribution in [0.5, 0.6) is 0 Å². The Balaban J connectivity index is 2.01. The summed E-state index contributed by atoms with van der Waals surface area (Å²) in [6, 6.07) is 12.2. The summed E-state index contributed by atoms with van der Waals surface area (Å²) in [5.41, 5.74) is -0.807. The fourth-order valence-electron chi connectivity index (χ4n) is 2.65. The zero-order valence-corrected chi connectivity index (χ0v) is 15.3. The number of nitrogens with zero attached hydrogens (tertiary/aromatic N) is 1. The maximum absolute atomic E-state index is 13.4. The molecule has 0 amide bonds. The van der Waals surface area contributed by atoms with Gasteiger partial charge in [0, 0.05) is 5.56 Å². The third-order valence-electron chi connectivity index (χ3n) is 3.94. The Kier molecular flexibility index (Phi) is 5.12. The lowest BCUT2D eigenvalue weighted by molar-refractivity contribution is -0.137. The van der Waals surface area contributed by atoms with E-state index in [4.69, 9.17) is 0 Å². The van der Waals surface area contributed by atoms with E-state index in [-0.39, 0.29) is 22.0 Å². The van der Waals surface area contributed by atoms with Crippen LogP contribution in [0.4, 0.5) is 23.4 Å². The van der Waals surface area contributed by atoms with E-state index in [2.05, 4.69) is 9.71 Å². The molecule has 1 heterocycles. The molecule has 0 radical (unpaired) electrons. The summed E-state index contributed by atoms with van der Waals surface area (Å²) in [5.74, 6) is -0.912. The van der Waals surface area contributed by atoms with E-state index in [1.54, 1.807) is 0 Å². The van der Waals surface area contributed by atoms with Crippen molar-refractivity contribution in [2.75, 3.05) is 4.72 Å². The molecule has 2 aromatic carbocycles. The number of sulfonamides is 1. The second kappa shape index (κ2) is 7.23. The molecule has 0 saturated carbocycles. The normalized spacial score (nSPS) is 12.0. The van der Waals surface area contributed by atoms with Gasteiger partial charge in [0.25, 0.3) is 10.0 Å². The standard InChI is InChI=1S/C19H14F4N2O2S/c1-12-9-10-13(20)11-17(12)28(26,27)25-18-8-4-7-16(24-18)14-5-2-3-6-15(14)19(21,22)23/h2-11H,1H3,(H,24,25). The van der Waals surface area contributed by atoms with Crippen LogP contribution in [0, 0.1) is 12.7 Å². The van der Waals surface area contributed by atoms with Gasteiger partial charge in [0.1, 0.15) is 11.6 Å². The monoisotopic (exact) mass is 410 g/mol. The van der Waals surface area contributed by atoms with E-state index in [0.29, 0.717) is 5.56 Å². The smallest absolute Gasteiger partial charge is 0.263 e. The van der Waals surface area contributed by atoms with Crippen LogP contribution in [0.1, 0.15) is 11.1 Å². The molecule has 0 atom stereocenters. The van der Waals surface area contributed by atoms with Crippen LogP contribution in [0.25, 0.3) is 11.3 Å². The first-order valence-electron chi connectivity index (χ1n) is 8.00. The predicted molar refractivity (Wildman–Crippen MR) is 96.6 cm³/mol. The number of halogens is 4. The molecule has 0 aliphatic heterocycles. The molecule has 3 aromatic rings. The highest BCUT2D eigenvalue weighted by molar-refractivity contribution is 7.92. The Labute approximate surface area is 158 Å². The van der Waals surface area contributed by atoms with E-state index >= 15 is 0 Å². The third kappa shape index (κ3) is 4.14. The number of aryl methyl sites for hydroxylation is 1. The summed E-state index contributed by atoms with van der Waals surface area (Å²) < 4.78 is 80.4. The van der Waals surface area contributed by atoms with E-state index in [1.807, 2.05) is 0 Å². The van der Waals surface area contributed by atoms with Gasteiger partial charge in [-0.25, -0.2) is 17.8 Å². The zero-order chi connectivity index (χ0) is 20.5. The zero-order valence-electron chi connectivity index (χ0n) is 14.5. The van der Waals surface area contributed by atoms with Crippen molar-refractivity contribution in [1.82, 2.24) is 4.98 Å². The van der Waals surface area contributed by atoms with E-state index < -0.39 is 27.6 Å². The minimum Gasteiger partial charge on any atom is -0.263 e. The molecule has 146 valence electrons. The average Bonchev–Trinajstić information content (AvgIpc) is 2.63. The van der Waals surface area contributed by atoms with Crippen molar-refractivity contribution in [1.29, 1.82) is 0 Å². The Morgan fingerprint density at radius 2 is 1.68 bits per heavy atom. The molecule has 3 rings (SSSR count). The van der Waals surface area contributed by atoms with Gasteiger partial charge in [0.05, 0.1) is 16.2 Å². The maximum atomic E-state index is 13.4. The summed E-state index contributed by atoms with van der Waals surface area (Å²) in [4.78, 5) is 3.71. The van der Waals surface area contributed by atoms with E-state index in [9.17, 15) is 26.0 Å². The maximum Gasteiger partial charge on any atom is 0.417 e. The number of hydrogen-bond donors (Lipinski definition) is 1. The van der Waals surface area contributed by atoms with Gasteiger partial charge in [-0.15, -0.1) is 0 Å². The molecule has 0 unspecified atom stereocenters. The Morgan fingerprint density at radius 3 is 2.39 bits per heavy atom. The third-order valence-corrected chi connectivity index (χ3v) is 5.43. The molecule has 9 heteroatoms. The molecular formula is C19H14F4N2O2S. The largest absolute Gasteiger partial charge is 0.417 e. The molecule has 0 aliphatic carbocycles. The van der Waals surface area contributed by atoms with Gasteiger partial charge in [0.15, 0.2) is 0 Å². The Morgan fingerprint density at radius 1 is 0.964 bits per heavy atom. The summed E-state index contributed by atoms with van der Waals surface area (Å²) >= 11 is 0. The summed E-state index contributed by atoms with van der Waals surface area (Å²) in [7, 11) is -4.18. The minimum absolute atomic E-state index is 0.0518. The van der Waals surface area contributed by atoms with Crippen molar-refractivity contribution >= 4 is 15.8 Å². The summed E-state index contributed by atoms with van der Waals surface area (Å²) in [6.07, 6.45) is -4.59. The van der Waals surface area contributed by atoms with Crippen LogP contribution in [0.3, 0.4) is 0 Å². The highest BCUT2D eigenvalue weighted by Crippen LogP contribution is 2.36. The highest BCUT2D eigenvalue weighted by Gasteiger charge is 2.33. The van der Waals surface area contributed by atoms with Crippen LogP contribution in [-0.4, -0.2) is 13.4 Å². The first-order valence-corrected chi connectivity index (χ1v) is 9.49. The fourth-order valence-corrected chi connectivity index (χ4v) is 3.91. The van der Waals surface area contributed by atoms with Crippen molar-refractivity contribution < 1.29 is 26.0 Å². The van der Waals surface area contributed by atoms with E-state index in [1.165, 1.54) is 49.4 Å². The molecule has 0 bridgehead atoms. The van der Waals surface area contributed by atoms with Gasteiger partial charge < -0.3 is 0 Å². The molecule has 1 N–H and O–H groups in total. The number of alkyl halides is 3. The van der Waals surface area contributed by atoms with Gasteiger partial charge in [-0.3, -0.25) is 4.72 Å². The molecule has 0 saturated heterocycles. The quantitative estimate of drug-likeness (QED) is 0.615. The van der Waals surface area contributed by atoms with Gasteiger partial charge in [-0.2, -0.15) is 13.2 Å². The molecule has 28 heavy (non-hydrogen) atoms. The second-order valence-corrected chi connectivity index (χ2v) is 7.62. The first kappa shape index (κ1) is 19.8. The SMILES string of the molecule is Cc1ccc(F)cc1S(=O)(=O)Nc1cccc(-c2ccccc2C(F)(F)F)n1. The lowest BCUT2D eigenvalue weighted by atomic mass is 10.0.